The molecule has 0 spiro atoms. The van der Waals surface area contributed by atoms with Gasteiger partial charge >= 0.3 is 7.82 Å². The van der Waals surface area contributed by atoms with Crippen LogP contribution in [0.5, 0.6) is 0 Å². The Balaban J connectivity index is 4.56. The van der Waals surface area contributed by atoms with Crippen LogP contribution in [0.4, 0.5) is 0 Å². The lowest BCUT2D eigenvalue weighted by Gasteiger charge is -2.24. The van der Waals surface area contributed by atoms with Gasteiger partial charge in [-0.3, -0.25) is 13.8 Å². The van der Waals surface area contributed by atoms with Gasteiger partial charge in [0.2, 0.25) is 5.91 Å². The van der Waals surface area contributed by atoms with Crippen LogP contribution < -0.4 is 11.1 Å². The molecule has 10 heteroatoms. The molecule has 6 N–H and O–H groups in total. The molecule has 9 nitrogen and oxygen atoms in total. The summed E-state index contributed by atoms with van der Waals surface area (Å²) in [5, 5.41) is 23.8. The summed E-state index contributed by atoms with van der Waals surface area (Å²) in [6.07, 6.45) is 34.8. The topological polar surface area (TPSA) is 151 Å². The Morgan fingerprint density at radius 1 is 0.745 bits per heavy atom. The van der Waals surface area contributed by atoms with Crippen molar-refractivity contribution in [2.45, 2.75) is 161 Å². The van der Waals surface area contributed by atoms with Gasteiger partial charge in [-0.1, -0.05) is 127 Å². The van der Waals surface area contributed by atoms with Crippen LogP contribution in [0.15, 0.2) is 48.6 Å². The third-order valence-corrected chi connectivity index (χ3v) is 8.69. The highest BCUT2D eigenvalue weighted by molar-refractivity contribution is 7.47. The van der Waals surface area contributed by atoms with Crippen LogP contribution >= 0.6 is 7.82 Å². The summed E-state index contributed by atoms with van der Waals surface area (Å²) in [6.45, 7) is 3.85. The summed E-state index contributed by atoms with van der Waals surface area (Å²) >= 11 is 0. The second kappa shape index (κ2) is 32.9. The lowest BCUT2D eigenvalue weighted by Crippen LogP contribution is -2.46. The van der Waals surface area contributed by atoms with Gasteiger partial charge in [-0.05, 0) is 57.8 Å². The number of nitrogens with one attached hydrogen (secondary N) is 1. The number of amides is 1. The normalized spacial score (nSPS) is 15.6. The third kappa shape index (κ3) is 31.4. The Bertz CT molecular complexity index is 894. The second-order valence-corrected chi connectivity index (χ2v) is 13.7. The molecule has 1 amide bonds. The number of allylic oxidation sites excluding steroid dienone is 7. The van der Waals surface area contributed by atoms with E-state index in [1.54, 1.807) is 6.08 Å². The predicted molar refractivity (Wildman–Crippen MR) is 195 cm³/mol. The van der Waals surface area contributed by atoms with Crippen LogP contribution in [0.2, 0.25) is 0 Å². The van der Waals surface area contributed by atoms with Crippen molar-refractivity contribution in [1.29, 1.82) is 0 Å². The van der Waals surface area contributed by atoms with E-state index in [1.807, 2.05) is 6.08 Å². The van der Waals surface area contributed by atoms with E-state index in [2.05, 4.69) is 55.6 Å². The third-order valence-electron chi connectivity index (χ3n) is 7.71. The first-order valence-electron chi connectivity index (χ1n) is 18.4. The van der Waals surface area contributed by atoms with Gasteiger partial charge in [0.05, 0.1) is 37.9 Å². The van der Waals surface area contributed by atoms with E-state index in [0.29, 0.717) is 12.8 Å². The number of hydrogen-bond acceptors (Lipinski definition) is 7. The van der Waals surface area contributed by atoms with E-state index in [1.165, 1.54) is 57.8 Å². The van der Waals surface area contributed by atoms with E-state index >= 15 is 0 Å². The van der Waals surface area contributed by atoms with Crippen molar-refractivity contribution >= 4 is 13.7 Å². The van der Waals surface area contributed by atoms with Crippen LogP contribution in [0.1, 0.15) is 142 Å². The summed E-state index contributed by atoms with van der Waals surface area (Å²) in [7, 11) is -4.40. The van der Waals surface area contributed by atoms with Crippen molar-refractivity contribution in [3.63, 3.8) is 0 Å². The number of phosphoric acid groups is 1. The molecule has 0 aliphatic carbocycles. The molecule has 4 atom stereocenters. The maximum Gasteiger partial charge on any atom is 0.472 e. The predicted octanol–water partition coefficient (Wildman–Crippen LogP) is 8.35. The fraction of sp³-hybridized carbons (Fsp3) is 0.757. The Morgan fingerprint density at radius 2 is 1.28 bits per heavy atom. The molecule has 0 aromatic carbocycles. The fourth-order valence-electron chi connectivity index (χ4n) is 4.89. The van der Waals surface area contributed by atoms with E-state index in [4.69, 9.17) is 14.8 Å². The zero-order valence-corrected chi connectivity index (χ0v) is 30.5. The van der Waals surface area contributed by atoms with Crippen molar-refractivity contribution in [2.24, 2.45) is 5.73 Å². The maximum absolute atomic E-state index is 12.7. The molecule has 47 heavy (non-hydrogen) atoms. The number of aliphatic hydroxyl groups excluding tert-OH is 2. The number of nitrogens with two attached hydrogens (primary N) is 1. The summed E-state index contributed by atoms with van der Waals surface area (Å²) in [5.74, 6) is -0.472. The molecule has 0 rings (SSSR count). The molecule has 0 fully saturated rings. The lowest BCUT2D eigenvalue weighted by atomic mass is 10.0. The van der Waals surface area contributed by atoms with E-state index in [9.17, 15) is 24.5 Å². The summed E-state index contributed by atoms with van der Waals surface area (Å²) in [5.41, 5.74) is 5.33. The van der Waals surface area contributed by atoms with Gasteiger partial charge < -0.3 is 26.2 Å². The van der Waals surface area contributed by atoms with Crippen LogP contribution in [0, 0.1) is 0 Å². The van der Waals surface area contributed by atoms with E-state index in [0.717, 1.165) is 51.4 Å². The molecule has 274 valence electrons. The Morgan fingerprint density at radius 3 is 1.94 bits per heavy atom. The van der Waals surface area contributed by atoms with Crippen molar-refractivity contribution in [2.75, 3.05) is 19.8 Å². The second-order valence-electron chi connectivity index (χ2n) is 12.3. The smallest absolute Gasteiger partial charge is 0.393 e. The number of rotatable bonds is 33. The Hall–Kier alpha value is -1.58. The van der Waals surface area contributed by atoms with Gasteiger partial charge in [0.15, 0.2) is 0 Å². The quantitative estimate of drug-likeness (QED) is 0.0200. The summed E-state index contributed by atoms with van der Waals surface area (Å²) < 4.78 is 21.9. The standard InChI is InChI=1S/C37H69N2O7P/c1-3-5-7-9-11-13-15-17-18-20-22-24-26-28-34(40)32-37(42)39-35(33-46-47(43,44)45-31-30-38)36(41)29-27-25-23-21-19-16-14-12-10-8-6-4-2/h11,13,15,17,19,21,27,29,34-36,40-41H,3-10,12,14,16,18,20,22-26,28,30-33,38H2,1-2H3,(H,39,42)(H,43,44)/b13-11-,17-15-,21-19+,29-27+. The number of carbonyl (C=O) groups is 1. The molecule has 0 radical (unpaired) electrons. The first-order chi connectivity index (χ1) is 22.8. The number of carbonyl (C=O) groups excluding carboxylic acids is 1. The highest BCUT2D eigenvalue weighted by Crippen LogP contribution is 2.43. The SMILES string of the molecule is CCCCC/C=C\C=C/CCCCCCC(O)CC(=O)NC(COP(=O)(O)OCCN)C(O)/C=C/CC/C=C/CCCCCCCC. The zero-order valence-electron chi connectivity index (χ0n) is 29.6. The largest absolute Gasteiger partial charge is 0.472 e. The molecule has 0 saturated heterocycles. The monoisotopic (exact) mass is 684 g/mol. The van der Waals surface area contributed by atoms with Crippen LogP contribution in [0.25, 0.3) is 0 Å². The Labute approximate surface area is 286 Å². The van der Waals surface area contributed by atoms with Gasteiger partial charge in [-0.15, -0.1) is 0 Å². The van der Waals surface area contributed by atoms with Crippen molar-refractivity contribution < 1.29 is 33.5 Å². The average Bonchev–Trinajstić information content (AvgIpc) is 3.04. The summed E-state index contributed by atoms with van der Waals surface area (Å²) in [6, 6.07) is -1.00. The van der Waals surface area contributed by atoms with E-state index in [-0.39, 0.29) is 19.6 Å². The molecular formula is C37H69N2O7P. The first-order valence-corrected chi connectivity index (χ1v) is 19.9. The van der Waals surface area contributed by atoms with Gasteiger partial charge in [-0.2, -0.15) is 0 Å². The zero-order chi connectivity index (χ0) is 34.9. The number of aliphatic hydroxyl groups is 2. The average molecular weight is 685 g/mol. The number of unbranched alkanes of at least 4 members (excludes halogenated alkanes) is 14. The molecule has 0 aromatic heterocycles. The molecule has 0 aliphatic rings. The summed E-state index contributed by atoms with van der Waals surface area (Å²) in [4.78, 5) is 22.6. The number of phosphoric ester groups is 1. The lowest BCUT2D eigenvalue weighted by molar-refractivity contribution is -0.124. The minimum absolute atomic E-state index is 0.0403. The van der Waals surface area contributed by atoms with E-state index < -0.39 is 38.6 Å². The fourth-order valence-corrected chi connectivity index (χ4v) is 5.64. The van der Waals surface area contributed by atoms with Gasteiger partial charge in [0.25, 0.3) is 0 Å². The molecule has 4 unspecified atom stereocenters. The molecule has 0 heterocycles. The number of hydrogen-bond donors (Lipinski definition) is 5. The Kier molecular flexibility index (Phi) is 31.8. The van der Waals surface area contributed by atoms with Crippen molar-refractivity contribution in [3.05, 3.63) is 48.6 Å². The molecule has 0 aliphatic heterocycles. The van der Waals surface area contributed by atoms with Gasteiger partial charge in [0.1, 0.15) is 0 Å². The molecular weight excluding hydrogens is 615 g/mol. The highest BCUT2D eigenvalue weighted by Gasteiger charge is 2.27. The maximum atomic E-state index is 12.7. The van der Waals surface area contributed by atoms with Crippen LogP contribution in [-0.2, 0) is 18.4 Å². The van der Waals surface area contributed by atoms with Gasteiger partial charge in [0, 0.05) is 6.54 Å². The molecule has 0 aromatic rings. The molecule has 0 saturated carbocycles. The first kappa shape index (κ1) is 45.4. The van der Waals surface area contributed by atoms with Gasteiger partial charge in [-0.25, -0.2) is 4.57 Å². The van der Waals surface area contributed by atoms with Crippen molar-refractivity contribution in [1.82, 2.24) is 5.32 Å². The minimum Gasteiger partial charge on any atom is -0.393 e. The highest BCUT2D eigenvalue weighted by atomic mass is 31.2. The van der Waals surface area contributed by atoms with Crippen molar-refractivity contribution in [3.8, 4) is 0 Å². The molecule has 0 bridgehead atoms. The van der Waals surface area contributed by atoms with Crippen LogP contribution in [-0.4, -0.2) is 59.0 Å². The minimum atomic E-state index is -4.40. The van der Waals surface area contributed by atoms with Crippen LogP contribution in [0.3, 0.4) is 0 Å².